The number of benzene rings is 1. The molecule has 0 aliphatic rings. The molecule has 0 bridgehead atoms. The molecule has 5 nitrogen and oxygen atoms in total. The molecule has 122 valence electrons. The van der Waals surface area contributed by atoms with Gasteiger partial charge in [-0.25, -0.2) is 9.78 Å². The maximum atomic E-state index is 11.6. The highest BCUT2D eigenvalue weighted by Gasteiger charge is 2.02. The number of carbonyl (C=O) groups is 1. The summed E-state index contributed by atoms with van der Waals surface area (Å²) >= 11 is 5.95. The summed E-state index contributed by atoms with van der Waals surface area (Å²) in [7, 11) is 0. The van der Waals surface area contributed by atoms with Crippen molar-refractivity contribution < 1.29 is 9.53 Å². The number of hydrogen-bond donors (Lipinski definition) is 1. The Morgan fingerprint density at radius 1 is 1.38 bits per heavy atom. The van der Waals surface area contributed by atoms with Gasteiger partial charge in [0, 0.05) is 18.3 Å². The number of halogens is 1. The summed E-state index contributed by atoms with van der Waals surface area (Å²) in [5.74, 6) is 0. The lowest BCUT2D eigenvalue weighted by atomic mass is 10.2. The van der Waals surface area contributed by atoms with Crippen LogP contribution in [-0.4, -0.2) is 17.6 Å². The highest BCUT2D eigenvalue weighted by Crippen LogP contribution is 2.15. The molecule has 0 saturated heterocycles. The number of nitrogens with one attached hydrogen (secondary N) is 1. The van der Waals surface area contributed by atoms with E-state index in [1.165, 1.54) is 6.20 Å². The summed E-state index contributed by atoms with van der Waals surface area (Å²) in [6.45, 7) is 0.678. The van der Waals surface area contributed by atoms with Crippen molar-refractivity contribution >= 4 is 23.8 Å². The molecule has 0 saturated carbocycles. The van der Waals surface area contributed by atoms with Crippen LogP contribution < -0.4 is 5.32 Å². The summed E-state index contributed by atoms with van der Waals surface area (Å²) < 4.78 is 5.10. The number of carbonyl (C=O) groups excluding carboxylic acids is 1. The number of alkyl carbamates (subject to hydrolysis) is 1. The van der Waals surface area contributed by atoms with E-state index in [0.29, 0.717) is 29.2 Å². The Hall–Kier alpha value is -2.84. The van der Waals surface area contributed by atoms with Crippen LogP contribution in [0.1, 0.15) is 23.1 Å². The Morgan fingerprint density at radius 2 is 2.17 bits per heavy atom. The molecule has 2 aromatic rings. The van der Waals surface area contributed by atoms with Gasteiger partial charge in [0.25, 0.3) is 0 Å². The molecule has 1 aromatic carbocycles. The largest absolute Gasteiger partial charge is 0.445 e. The van der Waals surface area contributed by atoms with Gasteiger partial charge in [0.15, 0.2) is 0 Å². The van der Waals surface area contributed by atoms with E-state index in [1.807, 2.05) is 42.5 Å². The third-order valence-corrected chi connectivity index (χ3v) is 3.40. The average Bonchev–Trinajstić information content (AvgIpc) is 2.62. The van der Waals surface area contributed by atoms with Gasteiger partial charge < -0.3 is 10.1 Å². The van der Waals surface area contributed by atoms with Crippen molar-refractivity contribution in [2.75, 3.05) is 6.54 Å². The van der Waals surface area contributed by atoms with Gasteiger partial charge in [0.1, 0.15) is 17.8 Å². The van der Waals surface area contributed by atoms with Crippen molar-refractivity contribution in [3.8, 4) is 6.07 Å². The molecule has 1 heterocycles. The van der Waals surface area contributed by atoms with Gasteiger partial charge in [-0.05, 0) is 18.1 Å². The zero-order chi connectivity index (χ0) is 17.2. The van der Waals surface area contributed by atoms with E-state index in [2.05, 4.69) is 10.3 Å². The van der Waals surface area contributed by atoms with Crippen LogP contribution in [0, 0.1) is 11.3 Å². The molecule has 0 atom stereocenters. The molecule has 6 heteroatoms. The third-order valence-electron chi connectivity index (χ3n) is 3.09. The van der Waals surface area contributed by atoms with E-state index in [4.69, 9.17) is 21.6 Å². The van der Waals surface area contributed by atoms with E-state index in [1.54, 1.807) is 12.1 Å². The third kappa shape index (κ3) is 5.75. The zero-order valence-corrected chi connectivity index (χ0v) is 13.7. The molecule has 2 rings (SSSR count). The smallest absolute Gasteiger partial charge is 0.407 e. The van der Waals surface area contributed by atoms with Crippen molar-refractivity contribution in [3.63, 3.8) is 0 Å². The lowest BCUT2D eigenvalue weighted by molar-refractivity contribution is 0.140. The number of pyridine rings is 1. The van der Waals surface area contributed by atoms with Crippen LogP contribution in [-0.2, 0) is 11.3 Å². The van der Waals surface area contributed by atoms with Crippen molar-refractivity contribution in [2.45, 2.75) is 13.0 Å². The van der Waals surface area contributed by atoms with Crippen LogP contribution in [0.4, 0.5) is 4.79 Å². The van der Waals surface area contributed by atoms with E-state index in [-0.39, 0.29) is 6.61 Å². The van der Waals surface area contributed by atoms with Crippen LogP contribution in [0.15, 0.2) is 48.7 Å². The van der Waals surface area contributed by atoms with Gasteiger partial charge in [-0.1, -0.05) is 54.1 Å². The van der Waals surface area contributed by atoms with Crippen molar-refractivity contribution in [3.05, 3.63) is 70.5 Å². The number of aromatic nitrogens is 1. The summed E-state index contributed by atoms with van der Waals surface area (Å²) in [6, 6.07) is 13.1. The minimum Gasteiger partial charge on any atom is -0.445 e. The Bertz CT molecular complexity index is 755. The summed E-state index contributed by atoms with van der Waals surface area (Å²) in [4.78, 5) is 15.5. The predicted octanol–water partition coefficient (Wildman–Crippen LogP) is 3.94. The Kier molecular flexibility index (Phi) is 6.81. The fourth-order valence-corrected chi connectivity index (χ4v) is 2.05. The molecule has 1 N–H and O–H groups in total. The molecular weight excluding hydrogens is 326 g/mol. The van der Waals surface area contributed by atoms with Crippen molar-refractivity contribution in [1.29, 1.82) is 5.26 Å². The van der Waals surface area contributed by atoms with E-state index in [9.17, 15) is 4.79 Å². The standard InChI is InChI=1S/C18H16ClN3O2/c19-17-16(10-15(11-20)12-22-17)8-4-5-9-21-18(23)24-13-14-6-2-1-3-7-14/h1-4,6-8,10,12H,5,9,13H2,(H,21,23). The normalized spacial score (nSPS) is 10.3. The molecule has 0 radical (unpaired) electrons. The second-order valence-corrected chi connectivity index (χ2v) is 5.25. The molecular formula is C18H16ClN3O2. The summed E-state index contributed by atoms with van der Waals surface area (Å²) in [5, 5.41) is 11.8. The maximum Gasteiger partial charge on any atom is 0.407 e. The van der Waals surface area contributed by atoms with Crippen LogP contribution in [0.25, 0.3) is 6.08 Å². The second-order valence-electron chi connectivity index (χ2n) is 4.90. The number of ether oxygens (including phenoxy) is 1. The minimum absolute atomic E-state index is 0.241. The first-order chi connectivity index (χ1) is 11.7. The molecule has 1 aromatic heterocycles. The monoisotopic (exact) mass is 341 g/mol. The quantitative estimate of drug-likeness (QED) is 0.638. The van der Waals surface area contributed by atoms with Crippen LogP contribution >= 0.6 is 11.6 Å². The van der Waals surface area contributed by atoms with Crippen LogP contribution in [0.3, 0.4) is 0 Å². The molecule has 0 spiro atoms. The Labute approximate surface area is 145 Å². The first kappa shape index (κ1) is 17.5. The number of nitrogens with zero attached hydrogens (tertiary/aromatic N) is 2. The van der Waals surface area contributed by atoms with Crippen molar-refractivity contribution in [1.82, 2.24) is 10.3 Å². The summed E-state index contributed by atoms with van der Waals surface area (Å²) in [5.41, 5.74) is 2.05. The Morgan fingerprint density at radius 3 is 2.92 bits per heavy atom. The van der Waals surface area contributed by atoms with Gasteiger partial charge in [0.05, 0.1) is 5.56 Å². The van der Waals surface area contributed by atoms with Gasteiger partial charge in [0.2, 0.25) is 0 Å². The van der Waals surface area contributed by atoms with Crippen molar-refractivity contribution in [2.24, 2.45) is 0 Å². The van der Waals surface area contributed by atoms with Crippen LogP contribution in [0.2, 0.25) is 5.15 Å². The molecule has 0 unspecified atom stereocenters. The topological polar surface area (TPSA) is 75.0 Å². The number of rotatable bonds is 6. The number of nitriles is 1. The summed E-state index contributed by atoms with van der Waals surface area (Å²) in [6.07, 6.45) is 5.19. The van der Waals surface area contributed by atoms with E-state index >= 15 is 0 Å². The number of hydrogen-bond acceptors (Lipinski definition) is 4. The van der Waals surface area contributed by atoms with Crippen LogP contribution in [0.5, 0.6) is 0 Å². The first-order valence-corrected chi connectivity index (χ1v) is 7.73. The predicted molar refractivity (Wildman–Crippen MR) is 92.2 cm³/mol. The highest BCUT2D eigenvalue weighted by molar-refractivity contribution is 6.30. The molecule has 24 heavy (non-hydrogen) atoms. The SMILES string of the molecule is N#Cc1cnc(Cl)c(C=CCCNC(=O)OCc2ccccc2)c1. The average molecular weight is 342 g/mol. The fraction of sp³-hybridized carbons (Fsp3) is 0.167. The second kappa shape index (κ2) is 9.33. The Balaban J connectivity index is 1.71. The highest BCUT2D eigenvalue weighted by atomic mass is 35.5. The molecule has 0 aliphatic carbocycles. The zero-order valence-electron chi connectivity index (χ0n) is 12.9. The van der Waals surface area contributed by atoms with E-state index in [0.717, 1.165) is 5.56 Å². The van der Waals surface area contributed by atoms with Gasteiger partial charge in [-0.15, -0.1) is 0 Å². The molecule has 1 amide bonds. The molecule has 0 aliphatic heterocycles. The van der Waals surface area contributed by atoms with E-state index < -0.39 is 6.09 Å². The van der Waals surface area contributed by atoms with Gasteiger partial charge in [-0.2, -0.15) is 5.26 Å². The van der Waals surface area contributed by atoms with Gasteiger partial charge >= 0.3 is 6.09 Å². The fourth-order valence-electron chi connectivity index (χ4n) is 1.89. The first-order valence-electron chi connectivity index (χ1n) is 7.36. The van der Waals surface area contributed by atoms with Gasteiger partial charge in [-0.3, -0.25) is 0 Å². The lowest BCUT2D eigenvalue weighted by Crippen LogP contribution is -2.24. The molecule has 0 fully saturated rings. The minimum atomic E-state index is -0.460. The lowest BCUT2D eigenvalue weighted by Gasteiger charge is -2.05. The number of amides is 1. The maximum absolute atomic E-state index is 11.6.